The van der Waals surface area contributed by atoms with E-state index in [0.717, 1.165) is 16.8 Å². The van der Waals surface area contributed by atoms with Gasteiger partial charge in [-0.15, -0.1) is 0 Å². The lowest BCUT2D eigenvalue weighted by Gasteiger charge is -2.34. The van der Waals surface area contributed by atoms with Crippen molar-refractivity contribution >= 4 is 17.5 Å². The van der Waals surface area contributed by atoms with Crippen molar-refractivity contribution < 1.29 is 14.0 Å². The Labute approximate surface area is 162 Å². The van der Waals surface area contributed by atoms with Gasteiger partial charge in [-0.05, 0) is 30.5 Å². The molecule has 2 amide bonds. The Bertz CT molecular complexity index is 1080. The quantitative estimate of drug-likeness (QED) is 0.746. The lowest BCUT2D eigenvalue weighted by Crippen LogP contribution is -2.42. The van der Waals surface area contributed by atoms with Gasteiger partial charge in [0.25, 0.3) is 5.91 Å². The minimum atomic E-state index is -0.814. The molecule has 1 N–H and O–H groups in total. The molecule has 2 aliphatic heterocycles. The number of carbonyl (C=O) groups is 2. The zero-order chi connectivity index (χ0) is 19.3. The van der Waals surface area contributed by atoms with Crippen molar-refractivity contribution in [1.29, 1.82) is 0 Å². The number of hydrogen-bond donors (Lipinski definition) is 1. The molecule has 0 unspecified atom stereocenters. The number of fused-ring (bicyclic) bond motifs is 2. The number of amides is 2. The first kappa shape index (κ1) is 16.7. The summed E-state index contributed by atoms with van der Waals surface area (Å²) in [7, 11) is 0. The van der Waals surface area contributed by atoms with Crippen molar-refractivity contribution in [3.8, 4) is 0 Å². The van der Waals surface area contributed by atoms with Gasteiger partial charge >= 0.3 is 0 Å². The molecule has 1 spiro atoms. The van der Waals surface area contributed by atoms with Gasteiger partial charge < -0.3 is 14.6 Å². The van der Waals surface area contributed by atoms with E-state index in [0.29, 0.717) is 24.4 Å². The molecule has 0 bridgehead atoms. The zero-order valence-electron chi connectivity index (χ0n) is 15.4. The summed E-state index contributed by atoms with van der Waals surface area (Å²) in [6.45, 7) is 2.19. The third kappa shape index (κ3) is 2.17. The Morgan fingerprint density at radius 3 is 2.68 bits per heavy atom. The second kappa shape index (κ2) is 6.05. The number of oxazole rings is 1. The second-order valence-electron chi connectivity index (χ2n) is 7.29. The minimum absolute atomic E-state index is 0.0604. The smallest absolute Gasteiger partial charge is 0.276 e. The summed E-state index contributed by atoms with van der Waals surface area (Å²) in [4.78, 5) is 32.5. The number of nitrogens with zero attached hydrogens (tertiary/aromatic N) is 2. The maximum Gasteiger partial charge on any atom is 0.276 e. The molecule has 0 radical (unpaired) electrons. The highest BCUT2D eigenvalue weighted by atomic mass is 16.3. The Kier molecular flexibility index (Phi) is 3.62. The molecule has 6 heteroatoms. The van der Waals surface area contributed by atoms with Gasteiger partial charge in [0.2, 0.25) is 5.91 Å². The van der Waals surface area contributed by atoms with Crippen LogP contribution < -0.4 is 5.32 Å². The molecule has 5 rings (SSSR count). The normalized spacial score (nSPS) is 23.1. The first-order valence-corrected chi connectivity index (χ1v) is 9.30. The van der Waals surface area contributed by atoms with Crippen molar-refractivity contribution in [3.05, 3.63) is 83.6 Å². The van der Waals surface area contributed by atoms with E-state index in [1.54, 1.807) is 11.8 Å². The summed E-state index contributed by atoms with van der Waals surface area (Å²) in [6.07, 6.45) is 1.83. The highest BCUT2D eigenvalue weighted by Gasteiger charge is 2.59. The van der Waals surface area contributed by atoms with E-state index < -0.39 is 11.5 Å². The summed E-state index contributed by atoms with van der Waals surface area (Å²) >= 11 is 0. The van der Waals surface area contributed by atoms with Gasteiger partial charge in [-0.3, -0.25) is 9.59 Å². The molecule has 28 heavy (non-hydrogen) atoms. The lowest BCUT2D eigenvalue weighted by atomic mass is 9.72. The van der Waals surface area contributed by atoms with Crippen LogP contribution in [0.5, 0.6) is 0 Å². The number of hydrogen-bond acceptors (Lipinski definition) is 4. The Hall–Kier alpha value is -3.41. The van der Waals surface area contributed by atoms with E-state index in [-0.39, 0.29) is 11.8 Å². The van der Waals surface area contributed by atoms with Crippen LogP contribution in [0.4, 0.5) is 5.69 Å². The number of likely N-dealkylation sites (tertiary alicyclic amines) is 1. The predicted molar refractivity (Wildman–Crippen MR) is 103 cm³/mol. The fourth-order valence-corrected chi connectivity index (χ4v) is 4.65. The SMILES string of the molecule is Cc1ocnc1C(=O)N1CC[C@]2(C(=O)Nc3ccccc32)[C@@H]1c1ccccc1. The van der Waals surface area contributed by atoms with Gasteiger partial charge in [0.15, 0.2) is 12.1 Å². The van der Waals surface area contributed by atoms with Crippen molar-refractivity contribution in [2.24, 2.45) is 0 Å². The van der Waals surface area contributed by atoms with Gasteiger partial charge in [0, 0.05) is 12.2 Å². The summed E-state index contributed by atoms with van der Waals surface area (Å²) in [5, 5.41) is 3.02. The largest absolute Gasteiger partial charge is 0.448 e. The highest BCUT2D eigenvalue weighted by molar-refractivity contribution is 6.08. The van der Waals surface area contributed by atoms with Crippen LogP contribution in [0, 0.1) is 6.92 Å². The summed E-state index contributed by atoms with van der Waals surface area (Å²) < 4.78 is 5.24. The zero-order valence-corrected chi connectivity index (χ0v) is 15.4. The second-order valence-corrected chi connectivity index (χ2v) is 7.29. The van der Waals surface area contributed by atoms with Crippen LogP contribution in [0.25, 0.3) is 0 Å². The third-order valence-corrected chi connectivity index (χ3v) is 5.91. The number of para-hydroxylation sites is 1. The molecule has 1 aromatic heterocycles. The van der Waals surface area contributed by atoms with Crippen molar-refractivity contribution in [3.63, 3.8) is 0 Å². The van der Waals surface area contributed by atoms with E-state index in [2.05, 4.69) is 10.3 Å². The molecule has 0 saturated carbocycles. The van der Waals surface area contributed by atoms with Crippen LogP contribution in [0.1, 0.15) is 39.8 Å². The topological polar surface area (TPSA) is 75.4 Å². The van der Waals surface area contributed by atoms with Gasteiger partial charge in [0.1, 0.15) is 11.2 Å². The average molecular weight is 373 g/mol. The Balaban J connectivity index is 1.69. The molecule has 2 aromatic carbocycles. The molecule has 1 saturated heterocycles. The monoisotopic (exact) mass is 373 g/mol. The molecule has 0 aliphatic carbocycles. The first-order valence-electron chi connectivity index (χ1n) is 9.30. The van der Waals surface area contributed by atoms with Crippen LogP contribution in [0.2, 0.25) is 0 Å². The van der Waals surface area contributed by atoms with Crippen molar-refractivity contribution in [2.45, 2.75) is 24.8 Å². The summed E-state index contributed by atoms with van der Waals surface area (Å²) in [5.41, 5.74) is 2.18. The number of anilines is 1. The van der Waals surface area contributed by atoms with Crippen LogP contribution in [0.15, 0.2) is 65.4 Å². The average Bonchev–Trinajstić information content (AvgIpc) is 3.40. The molecule has 2 atom stereocenters. The van der Waals surface area contributed by atoms with Crippen molar-refractivity contribution in [1.82, 2.24) is 9.88 Å². The molecule has 3 heterocycles. The Morgan fingerprint density at radius 1 is 1.18 bits per heavy atom. The van der Waals surface area contributed by atoms with Crippen LogP contribution in [-0.4, -0.2) is 28.2 Å². The highest BCUT2D eigenvalue weighted by Crippen LogP contribution is 2.54. The van der Waals surface area contributed by atoms with Crippen LogP contribution >= 0.6 is 0 Å². The van der Waals surface area contributed by atoms with Crippen LogP contribution in [-0.2, 0) is 10.2 Å². The van der Waals surface area contributed by atoms with E-state index in [4.69, 9.17) is 4.42 Å². The number of carbonyl (C=O) groups excluding carboxylic acids is 2. The standard InChI is InChI=1S/C22H19N3O3/c1-14-18(23-13-28-14)20(26)25-12-11-22(19(25)15-7-3-2-4-8-15)16-9-5-6-10-17(16)24-21(22)27/h2-10,13,19H,11-12H2,1H3,(H,24,27)/t19-,22+/m0/s1. The molecule has 3 aromatic rings. The van der Waals surface area contributed by atoms with Gasteiger partial charge in [-0.25, -0.2) is 4.98 Å². The predicted octanol–water partition coefficient (Wildman–Crippen LogP) is 3.46. The minimum Gasteiger partial charge on any atom is -0.448 e. The third-order valence-electron chi connectivity index (χ3n) is 5.91. The fraction of sp³-hybridized carbons (Fsp3) is 0.227. The maximum absolute atomic E-state index is 13.3. The van der Waals surface area contributed by atoms with E-state index in [9.17, 15) is 9.59 Å². The first-order chi connectivity index (χ1) is 13.6. The van der Waals surface area contributed by atoms with E-state index >= 15 is 0 Å². The molecular formula is C22H19N3O3. The summed E-state index contributed by atoms with van der Waals surface area (Å²) in [6, 6.07) is 17.1. The number of rotatable bonds is 2. The van der Waals surface area contributed by atoms with Gasteiger partial charge in [-0.2, -0.15) is 0 Å². The maximum atomic E-state index is 13.3. The number of aryl methyl sites for hydroxylation is 1. The molecule has 1 fully saturated rings. The number of nitrogens with one attached hydrogen (secondary N) is 1. The number of aromatic nitrogens is 1. The molecule has 6 nitrogen and oxygen atoms in total. The van der Waals surface area contributed by atoms with E-state index in [1.807, 2.05) is 54.6 Å². The van der Waals surface area contributed by atoms with Crippen LogP contribution in [0.3, 0.4) is 0 Å². The molecule has 2 aliphatic rings. The fourth-order valence-electron chi connectivity index (χ4n) is 4.65. The summed E-state index contributed by atoms with van der Waals surface area (Å²) in [5.74, 6) is 0.206. The van der Waals surface area contributed by atoms with E-state index in [1.165, 1.54) is 6.39 Å². The van der Waals surface area contributed by atoms with Gasteiger partial charge in [-0.1, -0.05) is 48.5 Å². The molecule has 140 valence electrons. The lowest BCUT2D eigenvalue weighted by molar-refractivity contribution is -0.121. The van der Waals surface area contributed by atoms with Gasteiger partial charge in [0.05, 0.1) is 6.04 Å². The number of benzene rings is 2. The Morgan fingerprint density at radius 2 is 1.93 bits per heavy atom. The molecular weight excluding hydrogens is 354 g/mol. The van der Waals surface area contributed by atoms with Crippen molar-refractivity contribution in [2.75, 3.05) is 11.9 Å².